The Balaban J connectivity index is 1.65. The summed E-state index contributed by atoms with van der Waals surface area (Å²) in [5.74, 6) is 0.102. The number of nitrogens with zero attached hydrogens (tertiary/aromatic N) is 5. The van der Waals surface area contributed by atoms with E-state index in [0.717, 1.165) is 15.9 Å². The molecule has 0 saturated carbocycles. The van der Waals surface area contributed by atoms with Crippen LogP contribution in [0.15, 0.2) is 65.5 Å². The molecule has 2 heterocycles. The van der Waals surface area contributed by atoms with Gasteiger partial charge in [0.25, 0.3) is 0 Å². The van der Waals surface area contributed by atoms with Crippen molar-refractivity contribution in [3.8, 4) is 11.4 Å². The number of fused-ring (bicyclic) bond motifs is 1. The van der Waals surface area contributed by atoms with E-state index < -0.39 is 5.69 Å². The first-order chi connectivity index (χ1) is 15.5. The first-order valence-electron chi connectivity index (χ1n) is 10.1. The van der Waals surface area contributed by atoms with E-state index in [9.17, 15) is 9.59 Å². The number of carbonyl (C=O) groups is 1. The zero-order chi connectivity index (χ0) is 22.7. The molecule has 1 N–H and O–H groups in total. The van der Waals surface area contributed by atoms with Crippen molar-refractivity contribution in [2.45, 2.75) is 13.2 Å². The van der Waals surface area contributed by atoms with E-state index in [1.165, 1.54) is 4.40 Å². The summed E-state index contributed by atoms with van der Waals surface area (Å²) in [5.41, 5.74) is 3.04. The van der Waals surface area contributed by atoms with Gasteiger partial charge in [0.2, 0.25) is 5.91 Å². The zero-order valence-corrected chi connectivity index (χ0v) is 18.1. The Labute approximate surface area is 184 Å². The van der Waals surface area contributed by atoms with Crippen LogP contribution in [-0.2, 0) is 22.7 Å². The molecule has 0 bridgehead atoms. The largest absolute Gasteiger partial charge is 0.378 e. The minimum atomic E-state index is -0.437. The molecular weight excluding hydrogens is 408 g/mol. The Hall–Kier alpha value is -3.98. The molecular formula is C23H24N6O3. The highest BCUT2D eigenvalue weighted by atomic mass is 16.5. The van der Waals surface area contributed by atoms with Crippen LogP contribution in [0.4, 0.5) is 11.4 Å². The van der Waals surface area contributed by atoms with Gasteiger partial charge in [-0.05, 0) is 24.3 Å². The Kier molecular flexibility index (Phi) is 6.00. The molecule has 0 saturated heterocycles. The maximum atomic E-state index is 13.1. The number of ether oxygens (including phenoxy) is 1. The topological polar surface area (TPSA) is 93.8 Å². The molecule has 9 heteroatoms. The van der Waals surface area contributed by atoms with Gasteiger partial charge in [0.05, 0.1) is 12.3 Å². The lowest BCUT2D eigenvalue weighted by Crippen LogP contribution is -2.28. The Morgan fingerprint density at radius 2 is 1.81 bits per heavy atom. The summed E-state index contributed by atoms with van der Waals surface area (Å²) in [7, 11) is 5.47. The van der Waals surface area contributed by atoms with Gasteiger partial charge in [0.15, 0.2) is 5.65 Å². The summed E-state index contributed by atoms with van der Waals surface area (Å²) < 4.78 is 7.76. The number of amides is 1. The highest BCUT2D eigenvalue weighted by Crippen LogP contribution is 2.18. The maximum Gasteiger partial charge on any atom is 0.352 e. The third kappa shape index (κ3) is 4.37. The molecule has 9 nitrogen and oxygen atoms in total. The molecule has 2 aromatic heterocycles. The lowest BCUT2D eigenvalue weighted by Gasteiger charge is -2.13. The smallest absolute Gasteiger partial charge is 0.352 e. The predicted octanol–water partition coefficient (Wildman–Crippen LogP) is 2.41. The second kappa shape index (κ2) is 9.03. The lowest BCUT2D eigenvalue weighted by atomic mass is 10.2. The third-order valence-electron chi connectivity index (χ3n) is 4.91. The molecule has 32 heavy (non-hydrogen) atoms. The van der Waals surface area contributed by atoms with E-state index >= 15 is 0 Å². The number of hydrogen-bond acceptors (Lipinski definition) is 6. The SMILES string of the molecule is COCc1cc2nn(CC(=O)Nc3ccc(N(C)C)cc3)c(=O)n2c(-c2ccccc2)n1. The highest BCUT2D eigenvalue weighted by molar-refractivity contribution is 5.90. The minimum absolute atomic E-state index is 0.218. The first kappa shape index (κ1) is 21.3. The van der Waals surface area contributed by atoms with Gasteiger partial charge in [-0.2, -0.15) is 0 Å². The molecule has 2 aromatic carbocycles. The van der Waals surface area contributed by atoms with Crippen LogP contribution in [0.3, 0.4) is 0 Å². The zero-order valence-electron chi connectivity index (χ0n) is 18.1. The third-order valence-corrected chi connectivity index (χ3v) is 4.91. The number of methoxy groups -OCH3 is 1. The second-order valence-electron chi connectivity index (χ2n) is 7.49. The average Bonchev–Trinajstić information content (AvgIpc) is 3.09. The molecule has 0 unspecified atom stereocenters. The number of nitrogens with one attached hydrogen (secondary N) is 1. The molecule has 0 atom stereocenters. The Morgan fingerprint density at radius 1 is 1.09 bits per heavy atom. The molecule has 0 radical (unpaired) electrons. The molecule has 4 rings (SSSR count). The fraction of sp³-hybridized carbons (Fsp3) is 0.217. The number of anilines is 2. The molecule has 0 aliphatic heterocycles. The van der Waals surface area contributed by atoms with Crippen LogP contribution in [0.25, 0.3) is 17.0 Å². The first-order valence-corrected chi connectivity index (χ1v) is 10.1. The van der Waals surface area contributed by atoms with Crippen LogP contribution in [0, 0.1) is 0 Å². The highest BCUT2D eigenvalue weighted by Gasteiger charge is 2.17. The van der Waals surface area contributed by atoms with Crippen molar-refractivity contribution in [1.82, 2.24) is 19.2 Å². The average molecular weight is 432 g/mol. The van der Waals surface area contributed by atoms with Crippen LogP contribution >= 0.6 is 0 Å². The van der Waals surface area contributed by atoms with Crippen molar-refractivity contribution >= 4 is 22.9 Å². The van der Waals surface area contributed by atoms with Crippen molar-refractivity contribution in [2.75, 3.05) is 31.4 Å². The van der Waals surface area contributed by atoms with E-state index in [4.69, 9.17) is 4.74 Å². The van der Waals surface area contributed by atoms with Crippen LogP contribution in [-0.4, -0.2) is 46.3 Å². The number of benzene rings is 2. The minimum Gasteiger partial charge on any atom is -0.378 e. The van der Waals surface area contributed by atoms with E-state index in [1.54, 1.807) is 13.2 Å². The summed E-state index contributed by atoms with van der Waals surface area (Å²) in [5, 5.41) is 7.17. The molecule has 0 spiro atoms. The van der Waals surface area contributed by atoms with E-state index in [-0.39, 0.29) is 19.1 Å². The molecule has 4 aromatic rings. The van der Waals surface area contributed by atoms with Gasteiger partial charge in [0.1, 0.15) is 12.4 Å². The van der Waals surface area contributed by atoms with Crippen molar-refractivity contribution in [1.29, 1.82) is 0 Å². The number of carbonyl (C=O) groups excluding carboxylic acids is 1. The molecule has 0 fully saturated rings. The summed E-state index contributed by atoms with van der Waals surface area (Å²) in [6.45, 7) is 0.0601. The van der Waals surface area contributed by atoms with Gasteiger partial charge in [-0.1, -0.05) is 30.3 Å². The molecule has 164 valence electrons. The van der Waals surface area contributed by atoms with Gasteiger partial charge in [-0.3, -0.25) is 4.79 Å². The van der Waals surface area contributed by atoms with Crippen LogP contribution in [0.1, 0.15) is 5.69 Å². The lowest BCUT2D eigenvalue weighted by molar-refractivity contribution is -0.117. The standard InChI is InChI=1S/C23H24N6O3/c1-27(2)19-11-9-17(10-12-19)24-21(30)14-28-23(31)29-20(26-28)13-18(15-32-3)25-22(29)16-7-5-4-6-8-16/h4-13H,14-15H2,1-3H3,(H,24,30). The fourth-order valence-corrected chi connectivity index (χ4v) is 3.37. The van der Waals surface area contributed by atoms with Gasteiger partial charge in [-0.15, -0.1) is 5.10 Å². The molecule has 0 aliphatic rings. The van der Waals surface area contributed by atoms with Gasteiger partial charge in [-0.25, -0.2) is 18.9 Å². The molecule has 1 amide bonds. The van der Waals surface area contributed by atoms with Crippen molar-refractivity contribution in [3.05, 3.63) is 76.8 Å². The Bertz CT molecular complexity index is 1290. The summed E-state index contributed by atoms with van der Waals surface area (Å²) >= 11 is 0. The van der Waals surface area contributed by atoms with Crippen molar-refractivity contribution in [2.24, 2.45) is 0 Å². The van der Waals surface area contributed by atoms with E-state index in [0.29, 0.717) is 22.9 Å². The van der Waals surface area contributed by atoms with Crippen LogP contribution < -0.4 is 15.9 Å². The summed E-state index contributed by atoms with van der Waals surface area (Å²) in [6, 6.07) is 18.5. The van der Waals surface area contributed by atoms with Gasteiger partial charge >= 0.3 is 5.69 Å². The fourth-order valence-electron chi connectivity index (χ4n) is 3.37. The number of rotatable bonds is 7. The van der Waals surface area contributed by atoms with Crippen LogP contribution in [0.2, 0.25) is 0 Å². The second-order valence-corrected chi connectivity index (χ2v) is 7.49. The van der Waals surface area contributed by atoms with Crippen molar-refractivity contribution < 1.29 is 9.53 Å². The summed E-state index contributed by atoms with van der Waals surface area (Å²) in [6.07, 6.45) is 0. The quantitative estimate of drug-likeness (QED) is 0.482. The predicted molar refractivity (Wildman–Crippen MR) is 123 cm³/mol. The monoisotopic (exact) mass is 432 g/mol. The van der Waals surface area contributed by atoms with Gasteiger partial charge in [0, 0.05) is 44.2 Å². The summed E-state index contributed by atoms with van der Waals surface area (Å²) in [4.78, 5) is 32.2. The maximum absolute atomic E-state index is 13.1. The van der Waals surface area contributed by atoms with Gasteiger partial charge < -0.3 is 15.0 Å². The molecule has 0 aliphatic carbocycles. The number of aromatic nitrogens is 4. The number of hydrogen-bond donors (Lipinski definition) is 1. The van der Waals surface area contributed by atoms with Crippen molar-refractivity contribution in [3.63, 3.8) is 0 Å². The van der Waals surface area contributed by atoms with Crippen LogP contribution in [0.5, 0.6) is 0 Å². The van der Waals surface area contributed by atoms with E-state index in [2.05, 4.69) is 15.4 Å². The Morgan fingerprint density at radius 3 is 2.47 bits per heavy atom. The normalized spacial score (nSPS) is 11.0. The van der Waals surface area contributed by atoms with E-state index in [1.807, 2.05) is 73.6 Å².